The molecule has 0 bridgehead atoms. The molecule has 1 aliphatic rings. The van der Waals surface area contributed by atoms with Gasteiger partial charge in [0.05, 0.1) is 13.2 Å². The Kier molecular flexibility index (Phi) is 10.8. The normalized spacial score (nSPS) is 15.6. The number of carbonyl (C=O) groups excluding carboxylic acids is 2. The third-order valence-electron chi connectivity index (χ3n) is 4.41. The van der Waals surface area contributed by atoms with E-state index >= 15 is 0 Å². The number of carbonyl (C=O) groups is 2. The summed E-state index contributed by atoms with van der Waals surface area (Å²) in [5.74, 6) is 0.937. The summed E-state index contributed by atoms with van der Waals surface area (Å²) in [6.45, 7) is 5.42. The Labute approximate surface area is 141 Å². The van der Waals surface area contributed by atoms with Crippen LogP contribution in [-0.2, 0) is 19.1 Å². The van der Waals surface area contributed by atoms with Crippen LogP contribution in [0.2, 0.25) is 0 Å². The number of hydrogen-bond donors (Lipinski definition) is 0. The summed E-state index contributed by atoms with van der Waals surface area (Å²) in [6.07, 6.45) is 10.4. The fourth-order valence-electron chi connectivity index (χ4n) is 2.93. The van der Waals surface area contributed by atoms with E-state index in [2.05, 4.69) is 13.8 Å². The Bertz CT molecular complexity index is 332. The molecular weight excluding hydrogens is 292 g/mol. The molecule has 134 valence electrons. The van der Waals surface area contributed by atoms with Crippen LogP contribution in [-0.4, -0.2) is 25.2 Å². The van der Waals surface area contributed by atoms with Gasteiger partial charge < -0.3 is 9.47 Å². The molecule has 0 saturated heterocycles. The molecule has 1 rings (SSSR count). The first-order chi connectivity index (χ1) is 11.1. The lowest BCUT2D eigenvalue weighted by atomic mass is 9.90. The van der Waals surface area contributed by atoms with Crippen molar-refractivity contribution < 1.29 is 19.1 Å². The van der Waals surface area contributed by atoms with E-state index in [-0.39, 0.29) is 11.9 Å². The lowest BCUT2D eigenvalue weighted by Gasteiger charge is -2.20. The largest absolute Gasteiger partial charge is 0.466 e. The summed E-state index contributed by atoms with van der Waals surface area (Å²) in [4.78, 5) is 23.2. The standard InChI is InChI=1S/C19H34O4/c1-16(2)9-8-14-22-18(20)12-6-7-13-19(21)23-15-17-10-4-3-5-11-17/h16-17H,3-15H2,1-2H3. The predicted octanol–water partition coefficient (Wildman–Crippen LogP) is 4.65. The van der Waals surface area contributed by atoms with E-state index in [9.17, 15) is 9.59 Å². The van der Waals surface area contributed by atoms with Crippen LogP contribution in [0.25, 0.3) is 0 Å². The summed E-state index contributed by atoms with van der Waals surface area (Å²) in [6, 6.07) is 0. The number of rotatable bonds is 11. The van der Waals surface area contributed by atoms with Gasteiger partial charge in [-0.25, -0.2) is 0 Å². The van der Waals surface area contributed by atoms with Crippen molar-refractivity contribution in [3.05, 3.63) is 0 Å². The molecule has 0 unspecified atom stereocenters. The highest BCUT2D eigenvalue weighted by Crippen LogP contribution is 2.23. The Hall–Kier alpha value is -1.06. The van der Waals surface area contributed by atoms with Crippen molar-refractivity contribution in [2.45, 2.75) is 84.5 Å². The molecule has 0 spiro atoms. The van der Waals surface area contributed by atoms with Gasteiger partial charge in [-0.3, -0.25) is 9.59 Å². The molecule has 0 amide bonds. The molecule has 0 aromatic carbocycles. The van der Waals surface area contributed by atoms with Gasteiger partial charge in [-0.1, -0.05) is 33.1 Å². The Morgan fingerprint density at radius 3 is 2.13 bits per heavy atom. The fraction of sp³-hybridized carbons (Fsp3) is 0.895. The topological polar surface area (TPSA) is 52.6 Å². The first-order valence-electron chi connectivity index (χ1n) is 9.39. The van der Waals surface area contributed by atoms with Crippen LogP contribution in [0, 0.1) is 11.8 Å². The van der Waals surface area contributed by atoms with Gasteiger partial charge in [0.25, 0.3) is 0 Å². The van der Waals surface area contributed by atoms with Gasteiger partial charge in [0.2, 0.25) is 0 Å². The smallest absolute Gasteiger partial charge is 0.305 e. The van der Waals surface area contributed by atoms with Crippen molar-refractivity contribution in [3.8, 4) is 0 Å². The Balaban J connectivity index is 1.92. The zero-order valence-electron chi connectivity index (χ0n) is 15.0. The van der Waals surface area contributed by atoms with Gasteiger partial charge in [-0.2, -0.15) is 0 Å². The molecule has 4 nitrogen and oxygen atoms in total. The van der Waals surface area contributed by atoms with Gasteiger partial charge in [-0.15, -0.1) is 0 Å². The van der Waals surface area contributed by atoms with E-state index in [1.165, 1.54) is 32.1 Å². The Morgan fingerprint density at radius 1 is 0.913 bits per heavy atom. The van der Waals surface area contributed by atoms with E-state index in [0.29, 0.717) is 50.7 Å². The second-order valence-electron chi connectivity index (χ2n) is 7.15. The first kappa shape index (κ1) is 20.0. The van der Waals surface area contributed by atoms with Crippen LogP contribution < -0.4 is 0 Å². The van der Waals surface area contributed by atoms with Crippen molar-refractivity contribution in [2.75, 3.05) is 13.2 Å². The van der Waals surface area contributed by atoms with Gasteiger partial charge in [0.1, 0.15) is 0 Å². The van der Waals surface area contributed by atoms with Crippen LogP contribution in [0.1, 0.15) is 84.5 Å². The molecule has 1 saturated carbocycles. The minimum absolute atomic E-state index is 0.124. The summed E-state index contributed by atoms with van der Waals surface area (Å²) in [7, 11) is 0. The van der Waals surface area contributed by atoms with Crippen LogP contribution in [0.5, 0.6) is 0 Å². The SMILES string of the molecule is CC(C)CCCOC(=O)CCCCC(=O)OCC1CCCCC1. The predicted molar refractivity (Wildman–Crippen MR) is 91.0 cm³/mol. The molecule has 0 aromatic heterocycles. The number of unbranched alkanes of at least 4 members (excludes halogenated alkanes) is 1. The number of esters is 2. The summed E-state index contributed by atoms with van der Waals surface area (Å²) in [5, 5.41) is 0. The average molecular weight is 326 g/mol. The van der Waals surface area contributed by atoms with E-state index < -0.39 is 0 Å². The van der Waals surface area contributed by atoms with Gasteiger partial charge in [0, 0.05) is 12.8 Å². The third-order valence-corrected chi connectivity index (χ3v) is 4.41. The first-order valence-corrected chi connectivity index (χ1v) is 9.39. The molecule has 0 N–H and O–H groups in total. The summed E-state index contributed by atoms with van der Waals surface area (Å²) >= 11 is 0. The van der Waals surface area contributed by atoms with E-state index in [1.54, 1.807) is 0 Å². The van der Waals surface area contributed by atoms with Crippen molar-refractivity contribution in [3.63, 3.8) is 0 Å². The maximum absolute atomic E-state index is 11.7. The fourth-order valence-corrected chi connectivity index (χ4v) is 2.93. The highest BCUT2D eigenvalue weighted by Gasteiger charge is 2.15. The zero-order valence-corrected chi connectivity index (χ0v) is 15.0. The minimum atomic E-state index is -0.149. The lowest BCUT2D eigenvalue weighted by Crippen LogP contribution is -2.16. The molecule has 1 aliphatic carbocycles. The van der Waals surface area contributed by atoms with E-state index in [0.717, 1.165) is 12.8 Å². The van der Waals surface area contributed by atoms with Gasteiger partial charge >= 0.3 is 11.9 Å². The molecule has 0 aliphatic heterocycles. The summed E-state index contributed by atoms with van der Waals surface area (Å²) in [5.41, 5.74) is 0. The summed E-state index contributed by atoms with van der Waals surface area (Å²) < 4.78 is 10.5. The van der Waals surface area contributed by atoms with Crippen molar-refractivity contribution in [2.24, 2.45) is 11.8 Å². The third kappa shape index (κ3) is 11.2. The maximum atomic E-state index is 11.7. The number of ether oxygens (including phenoxy) is 2. The molecule has 0 atom stereocenters. The molecule has 4 heteroatoms. The van der Waals surface area contributed by atoms with E-state index in [1.807, 2.05) is 0 Å². The molecule has 0 aromatic rings. The van der Waals surface area contributed by atoms with Crippen LogP contribution >= 0.6 is 0 Å². The molecular formula is C19H34O4. The lowest BCUT2D eigenvalue weighted by molar-refractivity contribution is -0.147. The van der Waals surface area contributed by atoms with Crippen LogP contribution in [0.4, 0.5) is 0 Å². The number of hydrogen-bond acceptors (Lipinski definition) is 4. The second kappa shape index (κ2) is 12.4. The molecule has 0 heterocycles. The van der Waals surface area contributed by atoms with Crippen molar-refractivity contribution >= 4 is 11.9 Å². The molecule has 1 fully saturated rings. The average Bonchev–Trinajstić information content (AvgIpc) is 2.54. The van der Waals surface area contributed by atoms with Crippen LogP contribution in [0.3, 0.4) is 0 Å². The zero-order chi connectivity index (χ0) is 16.9. The van der Waals surface area contributed by atoms with Crippen molar-refractivity contribution in [1.29, 1.82) is 0 Å². The van der Waals surface area contributed by atoms with Crippen LogP contribution in [0.15, 0.2) is 0 Å². The Morgan fingerprint density at radius 2 is 1.52 bits per heavy atom. The molecule has 23 heavy (non-hydrogen) atoms. The quantitative estimate of drug-likeness (QED) is 0.410. The maximum Gasteiger partial charge on any atom is 0.305 e. The van der Waals surface area contributed by atoms with Gasteiger partial charge in [-0.05, 0) is 50.4 Å². The van der Waals surface area contributed by atoms with Gasteiger partial charge in [0.15, 0.2) is 0 Å². The molecule has 0 radical (unpaired) electrons. The monoisotopic (exact) mass is 326 g/mol. The highest BCUT2D eigenvalue weighted by atomic mass is 16.5. The van der Waals surface area contributed by atoms with Crippen molar-refractivity contribution in [1.82, 2.24) is 0 Å². The minimum Gasteiger partial charge on any atom is -0.466 e. The van der Waals surface area contributed by atoms with E-state index in [4.69, 9.17) is 9.47 Å². The highest BCUT2D eigenvalue weighted by molar-refractivity contribution is 5.70. The second-order valence-corrected chi connectivity index (χ2v) is 7.15.